The zero-order valence-electron chi connectivity index (χ0n) is 12.4. The number of ether oxygens (including phenoxy) is 1. The van der Waals surface area contributed by atoms with Crippen LogP contribution in [0.3, 0.4) is 0 Å². The van der Waals surface area contributed by atoms with Crippen LogP contribution in [0.2, 0.25) is 0 Å². The molecule has 0 aliphatic heterocycles. The summed E-state index contributed by atoms with van der Waals surface area (Å²) >= 11 is 0. The van der Waals surface area contributed by atoms with E-state index in [0.29, 0.717) is 12.2 Å². The molecule has 3 nitrogen and oxygen atoms in total. The first-order valence-corrected chi connectivity index (χ1v) is 7.07. The minimum absolute atomic E-state index is 0.280. The quantitative estimate of drug-likeness (QED) is 0.570. The van der Waals surface area contributed by atoms with Crippen LogP contribution in [0.15, 0.2) is 18.2 Å². The number of hydrazine groups is 1. The van der Waals surface area contributed by atoms with Crippen LogP contribution < -0.4 is 11.3 Å². The SMILES string of the molecule is CCOC(CC)(CC)C(Cc1cc(F)ccc1F)NN. The number of hydrogen-bond acceptors (Lipinski definition) is 3. The molecule has 0 amide bonds. The van der Waals surface area contributed by atoms with Gasteiger partial charge in [-0.1, -0.05) is 13.8 Å². The van der Waals surface area contributed by atoms with Crippen molar-refractivity contribution in [1.29, 1.82) is 0 Å². The van der Waals surface area contributed by atoms with Crippen LogP contribution in [0.1, 0.15) is 39.2 Å². The maximum Gasteiger partial charge on any atom is 0.126 e. The molecule has 20 heavy (non-hydrogen) atoms. The first-order valence-electron chi connectivity index (χ1n) is 7.07. The van der Waals surface area contributed by atoms with Gasteiger partial charge in [0.15, 0.2) is 0 Å². The molecule has 0 aliphatic rings. The highest BCUT2D eigenvalue weighted by atomic mass is 19.1. The Labute approximate surface area is 119 Å². The first-order chi connectivity index (χ1) is 9.52. The summed E-state index contributed by atoms with van der Waals surface area (Å²) in [6, 6.07) is 3.17. The monoisotopic (exact) mass is 286 g/mol. The average molecular weight is 286 g/mol. The lowest BCUT2D eigenvalue weighted by atomic mass is 9.84. The van der Waals surface area contributed by atoms with E-state index in [4.69, 9.17) is 10.6 Å². The van der Waals surface area contributed by atoms with Gasteiger partial charge >= 0.3 is 0 Å². The van der Waals surface area contributed by atoms with Gasteiger partial charge in [0.05, 0.1) is 11.6 Å². The molecule has 0 spiro atoms. The molecule has 0 radical (unpaired) electrons. The molecule has 0 bridgehead atoms. The Kier molecular flexibility index (Phi) is 6.52. The molecule has 1 aromatic rings. The summed E-state index contributed by atoms with van der Waals surface area (Å²) in [5.74, 6) is 4.75. The number of benzene rings is 1. The summed E-state index contributed by atoms with van der Waals surface area (Å²) in [6.45, 7) is 6.47. The fourth-order valence-electron chi connectivity index (χ4n) is 2.65. The van der Waals surface area contributed by atoms with Crippen LogP contribution in [0.25, 0.3) is 0 Å². The van der Waals surface area contributed by atoms with Gasteiger partial charge in [0, 0.05) is 6.61 Å². The van der Waals surface area contributed by atoms with Gasteiger partial charge < -0.3 is 4.74 Å². The van der Waals surface area contributed by atoms with Crippen LogP contribution in [-0.4, -0.2) is 18.2 Å². The smallest absolute Gasteiger partial charge is 0.126 e. The summed E-state index contributed by atoms with van der Waals surface area (Å²) in [4.78, 5) is 0. The van der Waals surface area contributed by atoms with E-state index in [0.717, 1.165) is 25.0 Å². The fourth-order valence-corrected chi connectivity index (χ4v) is 2.65. The fraction of sp³-hybridized carbons (Fsp3) is 0.600. The van der Waals surface area contributed by atoms with Crippen LogP contribution >= 0.6 is 0 Å². The molecular formula is C15H24F2N2O. The molecule has 1 aromatic carbocycles. The third kappa shape index (κ3) is 3.75. The maximum absolute atomic E-state index is 13.8. The average Bonchev–Trinajstić information content (AvgIpc) is 2.46. The van der Waals surface area contributed by atoms with Gasteiger partial charge in [-0.2, -0.15) is 0 Å². The predicted molar refractivity (Wildman–Crippen MR) is 76.1 cm³/mol. The number of nitrogens with one attached hydrogen (secondary N) is 1. The molecule has 0 aliphatic carbocycles. The van der Waals surface area contributed by atoms with Gasteiger partial charge in [0.1, 0.15) is 11.6 Å². The molecule has 5 heteroatoms. The maximum atomic E-state index is 13.8. The Hall–Kier alpha value is -1.04. The first kappa shape index (κ1) is 17.0. The number of hydrogen-bond donors (Lipinski definition) is 2. The van der Waals surface area contributed by atoms with Crippen LogP contribution in [0, 0.1) is 11.6 Å². The van der Waals surface area contributed by atoms with E-state index in [-0.39, 0.29) is 12.5 Å². The van der Waals surface area contributed by atoms with Crippen molar-refractivity contribution in [1.82, 2.24) is 5.43 Å². The molecule has 1 atom stereocenters. The minimum Gasteiger partial charge on any atom is -0.374 e. The zero-order chi connectivity index (χ0) is 15.2. The van der Waals surface area contributed by atoms with Crippen molar-refractivity contribution in [3.63, 3.8) is 0 Å². The summed E-state index contributed by atoms with van der Waals surface area (Å²) < 4.78 is 32.9. The van der Waals surface area contributed by atoms with Crippen LogP contribution in [0.5, 0.6) is 0 Å². The lowest BCUT2D eigenvalue weighted by molar-refractivity contribution is -0.0721. The highest BCUT2D eigenvalue weighted by Crippen LogP contribution is 2.27. The number of rotatable bonds is 8. The Bertz CT molecular complexity index is 422. The lowest BCUT2D eigenvalue weighted by Gasteiger charge is -2.39. The second-order valence-corrected chi connectivity index (χ2v) is 4.86. The van der Waals surface area contributed by atoms with E-state index < -0.39 is 17.2 Å². The molecule has 0 heterocycles. The summed E-state index contributed by atoms with van der Waals surface area (Å²) in [6.07, 6.45) is 1.76. The summed E-state index contributed by atoms with van der Waals surface area (Å²) in [7, 11) is 0. The molecule has 1 unspecified atom stereocenters. The van der Waals surface area contributed by atoms with E-state index in [1.165, 1.54) is 6.07 Å². The van der Waals surface area contributed by atoms with Crippen molar-refractivity contribution in [2.24, 2.45) is 5.84 Å². The zero-order valence-corrected chi connectivity index (χ0v) is 12.4. The number of nitrogens with two attached hydrogens (primary N) is 1. The molecule has 0 saturated heterocycles. The molecule has 3 N–H and O–H groups in total. The van der Waals surface area contributed by atoms with E-state index >= 15 is 0 Å². The Morgan fingerprint density at radius 3 is 2.40 bits per heavy atom. The molecule has 1 rings (SSSR count). The van der Waals surface area contributed by atoms with E-state index in [9.17, 15) is 8.78 Å². The third-order valence-corrected chi connectivity index (χ3v) is 3.90. The standard InChI is InChI=1S/C15H24F2N2O/c1-4-15(5-2,20-6-3)14(19-18)10-11-9-12(16)7-8-13(11)17/h7-9,14,19H,4-6,10,18H2,1-3H3. The van der Waals surface area contributed by atoms with Gasteiger partial charge in [0.25, 0.3) is 0 Å². The van der Waals surface area contributed by atoms with Gasteiger partial charge in [-0.25, -0.2) is 8.78 Å². The largest absolute Gasteiger partial charge is 0.374 e. The van der Waals surface area contributed by atoms with E-state index in [2.05, 4.69) is 5.43 Å². The molecule has 0 aromatic heterocycles. The van der Waals surface area contributed by atoms with Crippen molar-refractivity contribution < 1.29 is 13.5 Å². The van der Waals surface area contributed by atoms with Gasteiger partial charge in [-0.15, -0.1) is 0 Å². The van der Waals surface area contributed by atoms with Gasteiger partial charge in [-0.3, -0.25) is 11.3 Å². The Morgan fingerprint density at radius 1 is 1.25 bits per heavy atom. The van der Waals surface area contributed by atoms with Gasteiger partial charge in [0.2, 0.25) is 0 Å². The summed E-state index contributed by atoms with van der Waals surface area (Å²) in [5, 5.41) is 0. The van der Waals surface area contributed by atoms with Gasteiger partial charge in [-0.05, 0) is 49.9 Å². The minimum atomic E-state index is -0.484. The summed E-state index contributed by atoms with van der Waals surface area (Å²) in [5.41, 5.74) is 2.53. The second-order valence-electron chi connectivity index (χ2n) is 4.86. The highest BCUT2D eigenvalue weighted by Gasteiger charge is 2.36. The van der Waals surface area contributed by atoms with Crippen LogP contribution in [-0.2, 0) is 11.2 Å². The van der Waals surface area contributed by atoms with Crippen molar-refractivity contribution in [3.05, 3.63) is 35.4 Å². The Balaban J connectivity index is 3.02. The molecule has 0 saturated carbocycles. The topological polar surface area (TPSA) is 47.3 Å². The molecular weight excluding hydrogens is 262 g/mol. The Morgan fingerprint density at radius 2 is 1.90 bits per heavy atom. The highest BCUT2D eigenvalue weighted by molar-refractivity contribution is 5.20. The van der Waals surface area contributed by atoms with Crippen LogP contribution in [0.4, 0.5) is 8.78 Å². The van der Waals surface area contributed by atoms with Crippen molar-refractivity contribution in [2.75, 3.05) is 6.61 Å². The third-order valence-electron chi connectivity index (χ3n) is 3.90. The van der Waals surface area contributed by atoms with Crippen molar-refractivity contribution >= 4 is 0 Å². The normalized spacial score (nSPS) is 13.5. The van der Waals surface area contributed by atoms with E-state index in [1.807, 2.05) is 20.8 Å². The molecule has 114 valence electrons. The van der Waals surface area contributed by atoms with Crippen molar-refractivity contribution in [2.45, 2.75) is 51.7 Å². The predicted octanol–water partition coefficient (Wildman–Crippen LogP) is 2.93. The second kappa shape index (κ2) is 7.67. The molecule has 0 fully saturated rings. The number of halogens is 2. The van der Waals surface area contributed by atoms with Crippen molar-refractivity contribution in [3.8, 4) is 0 Å². The lowest BCUT2D eigenvalue weighted by Crippen LogP contribution is -2.55. The van der Waals surface area contributed by atoms with E-state index in [1.54, 1.807) is 0 Å².